The SMILES string of the molecule is Cc1nc2nonc2c(N)c1Cc1ccc(OC(F)F)nc1. The van der Waals surface area contributed by atoms with E-state index < -0.39 is 6.61 Å². The van der Waals surface area contributed by atoms with Crippen molar-refractivity contribution in [1.29, 1.82) is 0 Å². The molecule has 0 radical (unpaired) electrons. The minimum absolute atomic E-state index is 0.141. The van der Waals surface area contributed by atoms with Gasteiger partial charge in [-0.15, -0.1) is 0 Å². The van der Waals surface area contributed by atoms with Crippen LogP contribution in [0.5, 0.6) is 5.88 Å². The van der Waals surface area contributed by atoms with Crippen molar-refractivity contribution in [2.45, 2.75) is 20.0 Å². The van der Waals surface area contributed by atoms with Crippen molar-refractivity contribution in [1.82, 2.24) is 20.3 Å². The van der Waals surface area contributed by atoms with Gasteiger partial charge in [0, 0.05) is 29.9 Å². The molecular weight excluding hydrogens is 296 g/mol. The van der Waals surface area contributed by atoms with Gasteiger partial charge in [-0.25, -0.2) is 14.6 Å². The number of aromatic nitrogens is 4. The largest absolute Gasteiger partial charge is 0.417 e. The molecule has 3 heterocycles. The van der Waals surface area contributed by atoms with Gasteiger partial charge in [-0.2, -0.15) is 8.78 Å². The van der Waals surface area contributed by atoms with Crippen LogP contribution in [0.1, 0.15) is 16.8 Å². The molecule has 0 amide bonds. The number of rotatable bonds is 4. The summed E-state index contributed by atoms with van der Waals surface area (Å²) >= 11 is 0. The molecular formula is C13H11F2N5O2. The van der Waals surface area contributed by atoms with Crippen LogP contribution in [0.3, 0.4) is 0 Å². The Balaban J connectivity index is 1.89. The zero-order valence-electron chi connectivity index (χ0n) is 11.5. The van der Waals surface area contributed by atoms with Gasteiger partial charge in [-0.3, -0.25) is 0 Å². The van der Waals surface area contributed by atoms with Crippen LogP contribution in [0.4, 0.5) is 14.5 Å². The number of nitrogen functional groups attached to an aromatic ring is 1. The Bertz CT molecular complexity index is 804. The van der Waals surface area contributed by atoms with Gasteiger partial charge in [0.05, 0.1) is 5.69 Å². The maximum absolute atomic E-state index is 12.1. The Kier molecular flexibility index (Phi) is 3.53. The van der Waals surface area contributed by atoms with Crippen LogP contribution in [-0.4, -0.2) is 26.9 Å². The summed E-state index contributed by atoms with van der Waals surface area (Å²) in [4.78, 5) is 8.07. The van der Waals surface area contributed by atoms with E-state index in [0.717, 1.165) is 11.1 Å². The van der Waals surface area contributed by atoms with E-state index in [0.29, 0.717) is 29.0 Å². The Morgan fingerprint density at radius 1 is 1.32 bits per heavy atom. The van der Waals surface area contributed by atoms with Gasteiger partial charge in [0.25, 0.3) is 0 Å². The molecule has 0 saturated carbocycles. The van der Waals surface area contributed by atoms with Gasteiger partial charge in [0.15, 0.2) is 5.52 Å². The molecule has 0 aliphatic rings. The molecule has 3 aromatic rings. The second kappa shape index (κ2) is 5.51. The highest BCUT2D eigenvalue weighted by Gasteiger charge is 2.15. The molecule has 114 valence electrons. The maximum Gasteiger partial charge on any atom is 0.388 e. The van der Waals surface area contributed by atoms with Crippen LogP contribution < -0.4 is 10.5 Å². The number of fused-ring (bicyclic) bond motifs is 1. The first kappa shape index (κ1) is 14.1. The number of nitrogens with two attached hydrogens (primary N) is 1. The minimum atomic E-state index is -2.90. The van der Waals surface area contributed by atoms with Crippen LogP contribution in [0.2, 0.25) is 0 Å². The Labute approximate surface area is 123 Å². The monoisotopic (exact) mass is 307 g/mol. The highest BCUT2D eigenvalue weighted by Crippen LogP contribution is 2.25. The smallest absolute Gasteiger partial charge is 0.388 e. The molecule has 7 nitrogen and oxygen atoms in total. The lowest BCUT2D eigenvalue weighted by Crippen LogP contribution is -2.05. The summed E-state index contributed by atoms with van der Waals surface area (Å²) in [6, 6.07) is 3.01. The molecule has 2 N–H and O–H groups in total. The van der Waals surface area contributed by atoms with E-state index in [9.17, 15) is 8.78 Å². The molecule has 0 aromatic carbocycles. The molecule has 0 unspecified atom stereocenters. The fourth-order valence-corrected chi connectivity index (χ4v) is 2.09. The fraction of sp³-hybridized carbons (Fsp3) is 0.231. The second-order valence-corrected chi connectivity index (χ2v) is 4.59. The van der Waals surface area contributed by atoms with E-state index in [2.05, 4.69) is 29.6 Å². The van der Waals surface area contributed by atoms with E-state index in [1.165, 1.54) is 12.3 Å². The molecule has 3 aromatic heterocycles. The first-order valence-electron chi connectivity index (χ1n) is 6.31. The topological polar surface area (TPSA) is 100.0 Å². The van der Waals surface area contributed by atoms with Gasteiger partial charge in [0.1, 0.15) is 0 Å². The van der Waals surface area contributed by atoms with Crippen LogP contribution in [0.15, 0.2) is 23.0 Å². The number of halogens is 2. The molecule has 3 rings (SSSR count). The van der Waals surface area contributed by atoms with E-state index >= 15 is 0 Å². The number of ether oxygens (including phenoxy) is 1. The van der Waals surface area contributed by atoms with Gasteiger partial charge < -0.3 is 10.5 Å². The van der Waals surface area contributed by atoms with Crippen molar-refractivity contribution in [3.8, 4) is 5.88 Å². The standard InChI is InChI=1S/C13H11F2N5O2/c1-6-8(10(16)11-12(18-6)20-22-19-11)4-7-2-3-9(17-5-7)21-13(14)15/h2-3,5,13H,4,16H2,1H3. The molecule has 0 spiro atoms. The number of hydrogen-bond donors (Lipinski definition) is 1. The van der Waals surface area contributed by atoms with Gasteiger partial charge >= 0.3 is 6.61 Å². The average Bonchev–Trinajstić information content (AvgIpc) is 2.93. The van der Waals surface area contributed by atoms with Gasteiger partial charge in [0.2, 0.25) is 11.5 Å². The van der Waals surface area contributed by atoms with Crippen molar-refractivity contribution in [3.63, 3.8) is 0 Å². The Morgan fingerprint density at radius 2 is 2.14 bits per heavy atom. The van der Waals surface area contributed by atoms with Crippen molar-refractivity contribution in [3.05, 3.63) is 35.2 Å². The average molecular weight is 307 g/mol. The quantitative estimate of drug-likeness (QED) is 0.787. The second-order valence-electron chi connectivity index (χ2n) is 4.59. The van der Waals surface area contributed by atoms with E-state index in [4.69, 9.17) is 5.73 Å². The number of nitrogens with zero attached hydrogens (tertiary/aromatic N) is 4. The number of anilines is 1. The van der Waals surface area contributed by atoms with E-state index in [1.807, 2.05) is 0 Å². The Hall–Kier alpha value is -2.84. The molecule has 0 bridgehead atoms. The maximum atomic E-state index is 12.1. The summed E-state index contributed by atoms with van der Waals surface area (Å²) in [6.07, 6.45) is 1.87. The molecule has 0 aliphatic carbocycles. The molecule has 22 heavy (non-hydrogen) atoms. The van der Waals surface area contributed by atoms with E-state index in [1.54, 1.807) is 13.0 Å². The van der Waals surface area contributed by atoms with Crippen molar-refractivity contribution in [2.75, 3.05) is 5.73 Å². The van der Waals surface area contributed by atoms with Crippen LogP contribution in [0.25, 0.3) is 11.2 Å². The normalized spacial score (nSPS) is 11.3. The molecule has 0 aliphatic heterocycles. The molecule has 0 atom stereocenters. The summed E-state index contributed by atoms with van der Waals surface area (Å²) in [5, 5.41) is 7.37. The third kappa shape index (κ3) is 2.65. The van der Waals surface area contributed by atoms with Gasteiger partial charge in [-0.1, -0.05) is 6.07 Å². The summed E-state index contributed by atoms with van der Waals surface area (Å²) in [5.74, 6) is -0.141. The van der Waals surface area contributed by atoms with Crippen LogP contribution in [0, 0.1) is 6.92 Å². The summed E-state index contributed by atoms with van der Waals surface area (Å²) in [5.41, 5.74) is 9.45. The Morgan fingerprint density at radius 3 is 2.82 bits per heavy atom. The summed E-state index contributed by atoms with van der Waals surface area (Å²) < 4.78 is 33.0. The summed E-state index contributed by atoms with van der Waals surface area (Å²) in [7, 11) is 0. The lowest BCUT2D eigenvalue weighted by Gasteiger charge is -2.09. The number of hydrogen-bond acceptors (Lipinski definition) is 7. The summed E-state index contributed by atoms with van der Waals surface area (Å²) in [6.45, 7) is -1.11. The van der Waals surface area contributed by atoms with E-state index in [-0.39, 0.29) is 5.88 Å². The molecule has 9 heteroatoms. The predicted molar refractivity (Wildman–Crippen MR) is 72.4 cm³/mol. The predicted octanol–water partition coefficient (Wildman–Crippen LogP) is 2.10. The molecule has 0 fully saturated rings. The lowest BCUT2D eigenvalue weighted by atomic mass is 10.0. The van der Waals surface area contributed by atoms with Gasteiger partial charge in [-0.05, 0) is 22.8 Å². The highest BCUT2D eigenvalue weighted by atomic mass is 19.3. The number of alkyl halides is 2. The van der Waals surface area contributed by atoms with Crippen LogP contribution >= 0.6 is 0 Å². The third-order valence-corrected chi connectivity index (χ3v) is 3.15. The minimum Gasteiger partial charge on any atom is -0.417 e. The third-order valence-electron chi connectivity index (χ3n) is 3.15. The highest BCUT2D eigenvalue weighted by molar-refractivity contribution is 5.85. The number of pyridine rings is 2. The first-order valence-corrected chi connectivity index (χ1v) is 6.31. The molecule has 0 saturated heterocycles. The lowest BCUT2D eigenvalue weighted by molar-refractivity contribution is -0.0528. The van der Waals surface area contributed by atoms with Crippen molar-refractivity contribution in [2.24, 2.45) is 0 Å². The van der Waals surface area contributed by atoms with Crippen molar-refractivity contribution < 1.29 is 18.1 Å². The zero-order chi connectivity index (χ0) is 15.7. The number of aryl methyl sites for hydroxylation is 1. The van der Waals surface area contributed by atoms with Crippen molar-refractivity contribution >= 4 is 16.9 Å². The fourth-order valence-electron chi connectivity index (χ4n) is 2.09. The van der Waals surface area contributed by atoms with Crippen LogP contribution in [-0.2, 0) is 6.42 Å². The first-order chi connectivity index (χ1) is 10.5. The zero-order valence-corrected chi connectivity index (χ0v) is 11.5.